The Morgan fingerprint density at radius 3 is 2.81 bits per heavy atom. The molecule has 1 aromatic heterocycles. The Balaban J connectivity index is 1.62. The van der Waals surface area contributed by atoms with Crippen LogP contribution >= 0.6 is 0 Å². The third-order valence-electron chi connectivity index (χ3n) is 4.47. The molecule has 0 unspecified atom stereocenters. The molecule has 0 fully saturated rings. The van der Waals surface area contributed by atoms with E-state index in [-0.39, 0.29) is 12.5 Å². The van der Waals surface area contributed by atoms with E-state index in [0.717, 1.165) is 33.3 Å². The minimum Gasteiger partial charge on any atom is -0.483 e. The summed E-state index contributed by atoms with van der Waals surface area (Å²) < 4.78 is 7.76. The number of hydrazone groups is 1. The van der Waals surface area contributed by atoms with Crippen molar-refractivity contribution in [3.05, 3.63) is 65.4 Å². The summed E-state index contributed by atoms with van der Waals surface area (Å²) in [6, 6.07) is 14.1. The zero-order valence-corrected chi connectivity index (χ0v) is 16.2. The number of para-hydroxylation sites is 1. The molecule has 1 heterocycles. The maximum Gasteiger partial charge on any atom is 0.277 e. The van der Waals surface area contributed by atoms with Crippen molar-refractivity contribution in [2.75, 3.05) is 6.61 Å². The molecule has 0 atom stereocenters. The van der Waals surface area contributed by atoms with Crippen molar-refractivity contribution in [1.82, 2.24) is 9.99 Å². The van der Waals surface area contributed by atoms with E-state index in [4.69, 9.17) is 4.74 Å². The molecule has 2 aromatic carbocycles. The molecule has 0 aliphatic heterocycles. The van der Waals surface area contributed by atoms with Crippen LogP contribution in [0.3, 0.4) is 0 Å². The number of fused-ring (bicyclic) bond motifs is 1. The van der Waals surface area contributed by atoms with E-state index in [1.54, 1.807) is 6.21 Å². The van der Waals surface area contributed by atoms with Gasteiger partial charge in [-0.25, -0.2) is 5.43 Å². The van der Waals surface area contributed by atoms with Crippen molar-refractivity contribution in [1.29, 1.82) is 0 Å². The third kappa shape index (κ3) is 4.37. The van der Waals surface area contributed by atoms with Crippen LogP contribution in [-0.2, 0) is 11.8 Å². The summed E-state index contributed by atoms with van der Waals surface area (Å²) in [6.45, 7) is 6.14. The van der Waals surface area contributed by atoms with E-state index in [0.29, 0.717) is 5.92 Å². The van der Waals surface area contributed by atoms with Crippen molar-refractivity contribution >= 4 is 23.0 Å². The molecular weight excluding hydrogens is 338 g/mol. The molecule has 0 aliphatic rings. The fourth-order valence-corrected chi connectivity index (χ4v) is 3.07. The van der Waals surface area contributed by atoms with Gasteiger partial charge in [0.15, 0.2) is 6.61 Å². The standard InChI is InChI=1S/C22H25N3O2/c1-15(2)18-10-9-16(3)11-21(18)27-14-22(26)24-23-12-17-13-25(4)20-8-6-5-7-19(17)20/h5-13,15H,14H2,1-4H3,(H,24,26)/b23-12-. The Morgan fingerprint density at radius 1 is 1.26 bits per heavy atom. The van der Waals surface area contributed by atoms with Crippen LogP contribution in [-0.4, -0.2) is 23.3 Å². The van der Waals surface area contributed by atoms with Gasteiger partial charge in [0.2, 0.25) is 0 Å². The van der Waals surface area contributed by atoms with E-state index in [9.17, 15) is 4.79 Å². The Hall–Kier alpha value is -3.08. The van der Waals surface area contributed by atoms with Gasteiger partial charge < -0.3 is 9.30 Å². The van der Waals surface area contributed by atoms with Crippen molar-refractivity contribution in [3.8, 4) is 5.75 Å². The van der Waals surface area contributed by atoms with Gasteiger partial charge in [-0.05, 0) is 36.1 Å². The van der Waals surface area contributed by atoms with Crippen LogP contribution in [0.4, 0.5) is 0 Å². The highest BCUT2D eigenvalue weighted by atomic mass is 16.5. The Labute approximate surface area is 159 Å². The molecule has 3 rings (SSSR count). The molecule has 0 bridgehead atoms. The predicted octanol–water partition coefficient (Wildman–Crippen LogP) is 4.14. The van der Waals surface area contributed by atoms with Crippen molar-refractivity contribution in [2.45, 2.75) is 26.7 Å². The van der Waals surface area contributed by atoms with Crippen molar-refractivity contribution in [2.24, 2.45) is 12.1 Å². The van der Waals surface area contributed by atoms with Gasteiger partial charge in [-0.15, -0.1) is 0 Å². The average Bonchev–Trinajstić information content (AvgIpc) is 2.96. The number of hydrogen-bond donors (Lipinski definition) is 1. The first-order valence-corrected chi connectivity index (χ1v) is 9.05. The summed E-state index contributed by atoms with van der Waals surface area (Å²) in [5, 5.41) is 5.17. The number of aryl methyl sites for hydroxylation is 2. The number of rotatable bonds is 6. The summed E-state index contributed by atoms with van der Waals surface area (Å²) in [5.74, 6) is 0.786. The highest BCUT2D eigenvalue weighted by Gasteiger charge is 2.10. The van der Waals surface area contributed by atoms with Crippen molar-refractivity contribution < 1.29 is 9.53 Å². The van der Waals surface area contributed by atoms with Gasteiger partial charge in [-0.2, -0.15) is 5.10 Å². The van der Waals surface area contributed by atoms with E-state index in [1.807, 2.05) is 61.1 Å². The number of hydrogen-bond acceptors (Lipinski definition) is 3. The second-order valence-corrected chi connectivity index (χ2v) is 6.99. The van der Waals surface area contributed by atoms with Gasteiger partial charge in [0.25, 0.3) is 5.91 Å². The minimum absolute atomic E-state index is 0.0734. The quantitative estimate of drug-likeness (QED) is 0.529. The molecule has 140 valence electrons. The van der Waals surface area contributed by atoms with Gasteiger partial charge in [0.1, 0.15) is 5.75 Å². The molecule has 1 amide bonds. The normalized spacial score (nSPS) is 11.4. The van der Waals surface area contributed by atoms with Gasteiger partial charge in [0, 0.05) is 29.7 Å². The maximum atomic E-state index is 12.1. The van der Waals surface area contributed by atoms with E-state index in [1.165, 1.54) is 0 Å². The molecule has 0 radical (unpaired) electrons. The first-order chi connectivity index (χ1) is 13.0. The van der Waals surface area contributed by atoms with Gasteiger partial charge in [0.05, 0.1) is 6.21 Å². The van der Waals surface area contributed by atoms with Crippen LogP contribution in [0.5, 0.6) is 5.75 Å². The Kier molecular flexibility index (Phi) is 5.60. The number of benzene rings is 2. The Bertz CT molecular complexity index is 986. The van der Waals surface area contributed by atoms with Crippen LogP contribution in [0.2, 0.25) is 0 Å². The molecule has 3 aromatic rings. The highest BCUT2D eigenvalue weighted by molar-refractivity contribution is 5.99. The monoisotopic (exact) mass is 363 g/mol. The molecular formula is C22H25N3O2. The predicted molar refractivity (Wildman–Crippen MR) is 109 cm³/mol. The lowest BCUT2D eigenvalue weighted by molar-refractivity contribution is -0.123. The summed E-state index contributed by atoms with van der Waals surface area (Å²) in [4.78, 5) is 12.1. The minimum atomic E-state index is -0.289. The summed E-state index contributed by atoms with van der Waals surface area (Å²) >= 11 is 0. The second-order valence-electron chi connectivity index (χ2n) is 6.99. The number of carbonyl (C=O) groups is 1. The number of aromatic nitrogens is 1. The second kappa shape index (κ2) is 8.08. The fraction of sp³-hybridized carbons (Fsp3) is 0.273. The van der Waals surface area contributed by atoms with Crippen LogP contribution in [0.15, 0.2) is 53.8 Å². The molecule has 0 aliphatic carbocycles. The lowest BCUT2D eigenvalue weighted by Crippen LogP contribution is -2.25. The lowest BCUT2D eigenvalue weighted by Gasteiger charge is -2.14. The molecule has 0 spiro atoms. The smallest absolute Gasteiger partial charge is 0.277 e. The number of ether oxygens (including phenoxy) is 1. The van der Waals surface area contributed by atoms with E-state index < -0.39 is 0 Å². The largest absolute Gasteiger partial charge is 0.483 e. The van der Waals surface area contributed by atoms with Crippen LogP contribution in [0.1, 0.15) is 36.5 Å². The van der Waals surface area contributed by atoms with E-state index >= 15 is 0 Å². The van der Waals surface area contributed by atoms with Crippen LogP contribution in [0.25, 0.3) is 10.9 Å². The van der Waals surface area contributed by atoms with E-state index in [2.05, 4.69) is 30.4 Å². The molecule has 5 nitrogen and oxygen atoms in total. The molecule has 27 heavy (non-hydrogen) atoms. The lowest BCUT2D eigenvalue weighted by atomic mass is 10.0. The number of amides is 1. The average molecular weight is 363 g/mol. The van der Waals surface area contributed by atoms with Gasteiger partial charge in [-0.1, -0.05) is 44.2 Å². The molecule has 5 heteroatoms. The van der Waals surface area contributed by atoms with Crippen LogP contribution < -0.4 is 10.2 Å². The molecule has 0 saturated heterocycles. The maximum absolute atomic E-state index is 12.1. The topological polar surface area (TPSA) is 55.6 Å². The molecule has 1 N–H and O–H groups in total. The number of nitrogens with one attached hydrogen (secondary N) is 1. The van der Waals surface area contributed by atoms with Gasteiger partial charge in [-0.3, -0.25) is 4.79 Å². The zero-order valence-electron chi connectivity index (χ0n) is 16.2. The first-order valence-electron chi connectivity index (χ1n) is 9.05. The van der Waals surface area contributed by atoms with Crippen molar-refractivity contribution in [3.63, 3.8) is 0 Å². The SMILES string of the molecule is Cc1ccc(C(C)C)c(OCC(=O)N/N=C\c2cn(C)c3ccccc23)c1. The first kappa shape index (κ1) is 18.7. The zero-order chi connectivity index (χ0) is 19.4. The Morgan fingerprint density at radius 2 is 2.04 bits per heavy atom. The summed E-state index contributed by atoms with van der Waals surface area (Å²) in [6.07, 6.45) is 3.64. The highest BCUT2D eigenvalue weighted by Crippen LogP contribution is 2.27. The third-order valence-corrected chi connectivity index (χ3v) is 4.47. The summed E-state index contributed by atoms with van der Waals surface area (Å²) in [7, 11) is 1.99. The van der Waals surface area contributed by atoms with Crippen LogP contribution in [0, 0.1) is 6.92 Å². The summed E-state index contributed by atoms with van der Waals surface area (Å²) in [5.41, 5.74) is 6.80. The number of nitrogens with zero attached hydrogens (tertiary/aromatic N) is 2. The molecule has 0 saturated carbocycles. The van der Waals surface area contributed by atoms with Gasteiger partial charge >= 0.3 is 0 Å². The number of carbonyl (C=O) groups excluding carboxylic acids is 1. The fourth-order valence-electron chi connectivity index (χ4n) is 3.07.